The quantitative estimate of drug-likeness (QED) is 0.386. The molecule has 0 amide bonds. The van der Waals surface area contributed by atoms with Gasteiger partial charge in [0.2, 0.25) is 0 Å². The van der Waals surface area contributed by atoms with E-state index in [9.17, 15) is 19.1 Å². The molecule has 0 aliphatic heterocycles. The molecular weight excluding hydrogens is 239 g/mol. The number of benzene rings is 1. The van der Waals surface area contributed by atoms with E-state index in [2.05, 4.69) is 4.74 Å². The third-order valence-corrected chi connectivity index (χ3v) is 2.08. The van der Waals surface area contributed by atoms with Gasteiger partial charge in [-0.2, -0.15) is 0 Å². The summed E-state index contributed by atoms with van der Waals surface area (Å²) >= 11 is 0. The van der Waals surface area contributed by atoms with Gasteiger partial charge in [-0.05, 0) is 37.6 Å². The Morgan fingerprint density at radius 1 is 1.39 bits per heavy atom. The van der Waals surface area contributed by atoms with Crippen molar-refractivity contribution >= 4 is 17.5 Å². The van der Waals surface area contributed by atoms with Crippen LogP contribution in [0, 0.1) is 12.7 Å². The lowest BCUT2D eigenvalue weighted by atomic mass is 10.1. The second kappa shape index (κ2) is 5.95. The minimum atomic E-state index is -1.06. The van der Waals surface area contributed by atoms with E-state index < -0.39 is 23.3 Å². The van der Waals surface area contributed by atoms with Gasteiger partial charge in [-0.1, -0.05) is 0 Å². The molecule has 0 saturated heterocycles. The van der Waals surface area contributed by atoms with Crippen molar-refractivity contribution in [3.05, 3.63) is 41.2 Å². The zero-order chi connectivity index (χ0) is 13.7. The summed E-state index contributed by atoms with van der Waals surface area (Å²) in [5.41, 5.74) is 0.721. The van der Waals surface area contributed by atoms with Gasteiger partial charge in [-0.15, -0.1) is 0 Å². The number of carbonyl (C=O) groups is 2. The molecule has 0 saturated carbocycles. The highest BCUT2D eigenvalue weighted by atomic mass is 19.1. The molecule has 1 aromatic carbocycles. The van der Waals surface area contributed by atoms with Crippen LogP contribution in [0.1, 0.15) is 18.1 Å². The molecule has 1 aromatic rings. The first-order chi connectivity index (χ1) is 8.43. The number of aryl methyl sites for hydroxylation is 1. The summed E-state index contributed by atoms with van der Waals surface area (Å²) < 4.78 is 17.6. The maximum Gasteiger partial charge on any atom is 0.379 e. The Morgan fingerprint density at radius 2 is 2.06 bits per heavy atom. The van der Waals surface area contributed by atoms with E-state index in [1.165, 1.54) is 12.1 Å². The maximum atomic E-state index is 13.1. The molecule has 18 heavy (non-hydrogen) atoms. The Bertz CT molecular complexity index is 485. The maximum absolute atomic E-state index is 13.1. The number of hydrogen-bond donors (Lipinski definition) is 1. The van der Waals surface area contributed by atoms with Crippen molar-refractivity contribution in [2.75, 3.05) is 6.61 Å². The molecule has 0 bridgehead atoms. The Balaban J connectivity index is 2.95. The number of rotatable bonds is 4. The van der Waals surface area contributed by atoms with Gasteiger partial charge in [0.15, 0.2) is 0 Å². The fourth-order valence-electron chi connectivity index (χ4n) is 1.35. The van der Waals surface area contributed by atoms with Gasteiger partial charge in [0, 0.05) is 11.6 Å². The van der Waals surface area contributed by atoms with E-state index in [1.54, 1.807) is 13.8 Å². The zero-order valence-electron chi connectivity index (χ0n) is 10.1. The van der Waals surface area contributed by atoms with Crippen LogP contribution < -0.4 is 0 Å². The van der Waals surface area contributed by atoms with Crippen LogP contribution >= 0.6 is 0 Å². The number of ether oxygens (including phenoxy) is 1. The minimum absolute atomic E-state index is 0.0677. The molecule has 0 heterocycles. The molecule has 0 spiro atoms. The molecule has 0 aliphatic carbocycles. The smallest absolute Gasteiger partial charge is 0.379 e. The van der Waals surface area contributed by atoms with Gasteiger partial charge < -0.3 is 9.84 Å². The van der Waals surface area contributed by atoms with Crippen LogP contribution in [-0.4, -0.2) is 23.5 Å². The lowest BCUT2D eigenvalue weighted by Crippen LogP contribution is -2.15. The second-order valence-corrected chi connectivity index (χ2v) is 3.63. The Kier molecular flexibility index (Phi) is 4.59. The third kappa shape index (κ3) is 3.69. The Hall–Kier alpha value is -2.17. The first-order valence-corrected chi connectivity index (χ1v) is 5.33. The molecule has 96 valence electrons. The number of hydrogen-bond acceptors (Lipinski definition) is 4. The van der Waals surface area contributed by atoms with Crippen LogP contribution in [-0.2, 0) is 14.3 Å². The van der Waals surface area contributed by atoms with Crippen molar-refractivity contribution in [1.82, 2.24) is 0 Å². The Labute approximate surface area is 104 Å². The van der Waals surface area contributed by atoms with Crippen LogP contribution in [0.3, 0.4) is 0 Å². The minimum Gasteiger partial charge on any atom is -0.507 e. The molecule has 0 aliphatic rings. The van der Waals surface area contributed by atoms with Crippen LogP contribution in [0.4, 0.5) is 4.39 Å². The zero-order valence-corrected chi connectivity index (χ0v) is 10.1. The average molecular weight is 252 g/mol. The van der Waals surface area contributed by atoms with Gasteiger partial charge in [0.25, 0.3) is 5.78 Å². The molecule has 1 rings (SSSR count). The molecular formula is C13H13FO4. The van der Waals surface area contributed by atoms with Gasteiger partial charge in [-0.3, -0.25) is 4.79 Å². The standard InChI is InChI=1S/C13H13FO4/c1-3-18-13(17)12(16)7-11(15)9-4-8(2)5-10(14)6-9/h4-7,15H,3H2,1-2H3/b11-7+. The summed E-state index contributed by atoms with van der Waals surface area (Å²) in [5, 5.41) is 9.62. The topological polar surface area (TPSA) is 63.6 Å². The number of halogens is 1. The molecule has 0 atom stereocenters. The van der Waals surface area contributed by atoms with Crippen molar-refractivity contribution in [1.29, 1.82) is 0 Å². The third-order valence-electron chi connectivity index (χ3n) is 2.08. The van der Waals surface area contributed by atoms with E-state index in [0.717, 1.165) is 6.07 Å². The van der Waals surface area contributed by atoms with Crippen LogP contribution in [0.15, 0.2) is 24.3 Å². The number of carbonyl (C=O) groups excluding carboxylic acids is 2. The molecule has 0 unspecified atom stereocenters. The van der Waals surface area contributed by atoms with Gasteiger partial charge in [0.05, 0.1) is 6.61 Å². The lowest BCUT2D eigenvalue weighted by molar-refractivity contribution is -0.151. The molecule has 0 radical (unpaired) electrons. The summed E-state index contributed by atoms with van der Waals surface area (Å²) in [7, 11) is 0. The van der Waals surface area contributed by atoms with Crippen molar-refractivity contribution in [3.63, 3.8) is 0 Å². The van der Waals surface area contributed by atoms with Gasteiger partial charge in [-0.25, -0.2) is 9.18 Å². The molecule has 4 nitrogen and oxygen atoms in total. The van der Waals surface area contributed by atoms with Crippen molar-refractivity contribution < 1.29 is 23.8 Å². The summed E-state index contributed by atoms with van der Waals surface area (Å²) in [6, 6.07) is 3.84. The summed E-state index contributed by atoms with van der Waals surface area (Å²) in [6.45, 7) is 3.27. The second-order valence-electron chi connectivity index (χ2n) is 3.63. The normalized spacial score (nSPS) is 11.2. The van der Waals surface area contributed by atoms with Crippen molar-refractivity contribution in [2.45, 2.75) is 13.8 Å². The first-order valence-electron chi connectivity index (χ1n) is 5.33. The highest BCUT2D eigenvalue weighted by Gasteiger charge is 2.14. The van der Waals surface area contributed by atoms with E-state index >= 15 is 0 Å². The lowest BCUT2D eigenvalue weighted by Gasteiger charge is -2.02. The summed E-state index contributed by atoms with van der Waals surface area (Å²) in [5.74, 6) is -3.06. The number of esters is 1. The molecule has 0 aromatic heterocycles. The fraction of sp³-hybridized carbons (Fsp3) is 0.231. The predicted molar refractivity (Wildman–Crippen MR) is 63.4 cm³/mol. The Morgan fingerprint density at radius 3 is 2.61 bits per heavy atom. The van der Waals surface area contributed by atoms with E-state index in [0.29, 0.717) is 11.6 Å². The largest absolute Gasteiger partial charge is 0.507 e. The van der Waals surface area contributed by atoms with Gasteiger partial charge in [0.1, 0.15) is 11.6 Å². The van der Waals surface area contributed by atoms with Gasteiger partial charge >= 0.3 is 5.97 Å². The van der Waals surface area contributed by atoms with Crippen LogP contribution in [0.5, 0.6) is 0 Å². The molecule has 5 heteroatoms. The monoisotopic (exact) mass is 252 g/mol. The number of ketones is 1. The first kappa shape index (κ1) is 13.9. The van der Waals surface area contributed by atoms with Crippen molar-refractivity contribution in [2.24, 2.45) is 0 Å². The van der Waals surface area contributed by atoms with E-state index in [-0.39, 0.29) is 12.2 Å². The summed E-state index contributed by atoms with van der Waals surface area (Å²) in [6.07, 6.45) is 0.714. The average Bonchev–Trinajstić information content (AvgIpc) is 2.27. The number of aliphatic hydroxyl groups is 1. The summed E-state index contributed by atoms with van der Waals surface area (Å²) in [4.78, 5) is 22.3. The predicted octanol–water partition coefficient (Wildman–Crippen LogP) is 2.17. The molecule has 0 fully saturated rings. The highest BCUT2D eigenvalue weighted by Crippen LogP contribution is 2.15. The van der Waals surface area contributed by atoms with E-state index in [1.807, 2.05) is 0 Å². The van der Waals surface area contributed by atoms with E-state index in [4.69, 9.17) is 0 Å². The van der Waals surface area contributed by atoms with Crippen LogP contribution in [0.2, 0.25) is 0 Å². The SMILES string of the molecule is CCOC(=O)C(=O)/C=C(/O)c1cc(C)cc(F)c1. The molecule has 1 N–H and O–H groups in total. The highest BCUT2D eigenvalue weighted by molar-refractivity contribution is 6.39. The fourth-order valence-corrected chi connectivity index (χ4v) is 1.35. The number of aliphatic hydroxyl groups excluding tert-OH is 1. The van der Waals surface area contributed by atoms with Crippen molar-refractivity contribution in [3.8, 4) is 0 Å². The van der Waals surface area contributed by atoms with Crippen LogP contribution in [0.25, 0.3) is 5.76 Å².